The molecule has 0 unspecified atom stereocenters. The van der Waals surface area contributed by atoms with Crippen molar-refractivity contribution < 1.29 is 9.53 Å². The Kier molecular flexibility index (Phi) is 16.5. The highest BCUT2D eigenvalue weighted by Gasteiger charge is 1.93. The van der Waals surface area contributed by atoms with Crippen molar-refractivity contribution in [3.63, 3.8) is 0 Å². The monoisotopic (exact) mass is 312 g/mol. The third-order valence-corrected chi connectivity index (χ3v) is 1.93. The molecule has 100 valence electrons. The predicted molar refractivity (Wildman–Crippen MR) is 82.9 cm³/mol. The van der Waals surface area contributed by atoms with E-state index < -0.39 is 0 Å². The first kappa shape index (κ1) is 19.0. The average molecular weight is 313 g/mol. The van der Waals surface area contributed by atoms with Crippen molar-refractivity contribution in [3.8, 4) is 5.75 Å². The van der Waals surface area contributed by atoms with Crippen LogP contribution in [0.3, 0.4) is 0 Å². The van der Waals surface area contributed by atoms with Gasteiger partial charge >= 0.3 is 0 Å². The summed E-state index contributed by atoms with van der Waals surface area (Å²) in [4.78, 5) is 10.4. The molecule has 0 aliphatic heterocycles. The van der Waals surface area contributed by atoms with Gasteiger partial charge in [0.25, 0.3) is 0 Å². The van der Waals surface area contributed by atoms with Gasteiger partial charge in [0.1, 0.15) is 18.6 Å². The zero-order chi connectivity index (χ0) is 14.2. The second-order valence-corrected chi connectivity index (χ2v) is 3.38. The van der Waals surface area contributed by atoms with Crippen LogP contribution in [-0.4, -0.2) is 18.2 Å². The van der Waals surface area contributed by atoms with Gasteiger partial charge in [-0.3, -0.25) is 4.79 Å². The zero-order valence-electron chi connectivity index (χ0n) is 11.1. The molecule has 0 amide bonds. The molecule has 1 aromatic carbocycles. The van der Waals surface area contributed by atoms with Crippen molar-refractivity contribution in [2.75, 3.05) is 11.9 Å². The van der Waals surface area contributed by atoms with Gasteiger partial charge in [-0.25, -0.2) is 0 Å². The van der Waals surface area contributed by atoms with E-state index in [0.717, 1.165) is 11.6 Å². The second kappa shape index (κ2) is 15.6. The average Bonchev–Trinajstić information content (AvgIpc) is 2.47. The van der Waals surface area contributed by atoms with Crippen LogP contribution in [0, 0.1) is 0 Å². The highest BCUT2D eigenvalue weighted by atomic mass is 79.9. The Hall–Kier alpha value is -1.35. The van der Waals surface area contributed by atoms with Crippen LogP contribution in [0.1, 0.15) is 24.2 Å². The predicted octanol–water partition coefficient (Wildman–Crippen LogP) is 4.66. The fourth-order valence-electron chi connectivity index (χ4n) is 0.833. The van der Waals surface area contributed by atoms with Gasteiger partial charge < -0.3 is 4.74 Å². The number of hydrogen-bond donors (Lipinski definition) is 0. The van der Waals surface area contributed by atoms with Crippen LogP contribution in [0.4, 0.5) is 0 Å². The summed E-state index contributed by atoms with van der Waals surface area (Å²) in [6.45, 7) is 11.4. The molecule has 0 spiro atoms. The van der Waals surface area contributed by atoms with Gasteiger partial charge in [-0.1, -0.05) is 60.6 Å². The van der Waals surface area contributed by atoms with E-state index in [1.54, 1.807) is 36.4 Å². The summed E-state index contributed by atoms with van der Waals surface area (Å²) in [6.07, 6.45) is 4.24. The van der Waals surface area contributed by atoms with Crippen LogP contribution < -0.4 is 4.74 Å². The van der Waals surface area contributed by atoms with Crippen LogP contribution in [0.2, 0.25) is 0 Å². The molecule has 0 radical (unpaired) electrons. The normalized spacial score (nSPS) is 7.72. The van der Waals surface area contributed by atoms with Crippen molar-refractivity contribution in [2.24, 2.45) is 0 Å². The van der Waals surface area contributed by atoms with Gasteiger partial charge in [0.05, 0.1) is 0 Å². The van der Waals surface area contributed by atoms with E-state index in [1.165, 1.54) is 0 Å². The van der Waals surface area contributed by atoms with Crippen molar-refractivity contribution >= 4 is 22.2 Å². The summed E-state index contributed by atoms with van der Waals surface area (Å²) in [5, 5.41) is 0.896. The number of benzene rings is 1. The topological polar surface area (TPSA) is 26.3 Å². The maximum Gasteiger partial charge on any atom is 0.150 e. The van der Waals surface area contributed by atoms with Crippen LogP contribution >= 0.6 is 15.9 Å². The number of aldehydes is 1. The molecular weight excluding hydrogens is 292 g/mol. The maximum atomic E-state index is 10.4. The van der Waals surface area contributed by atoms with Crippen LogP contribution in [0.15, 0.2) is 49.6 Å². The molecule has 0 saturated heterocycles. The summed E-state index contributed by atoms with van der Waals surface area (Å²) >= 11 is 3.13. The fourth-order valence-corrected chi connectivity index (χ4v) is 0.833. The molecule has 0 aliphatic rings. The molecule has 1 rings (SSSR count). The standard InChI is InChI=1S/C10H10O2.C3H5Br.C2H6/c1-2-6-12-10-5-3-4-9(7-10)8-11;1-2-3-4;1-2/h2-5,7-8H,1,6H2;2H,1,3H2;1-2H3. The number of alkyl halides is 1. The van der Waals surface area contributed by atoms with E-state index >= 15 is 0 Å². The molecule has 0 aliphatic carbocycles. The fraction of sp³-hybridized carbons (Fsp3) is 0.267. The van der Waals surface area contributed by atoms with E-state index in [0.29, 0.717) is 17.9 Å². The van der Waals surface area contributed by atoms with Crippen molar-refractivity contribution in [1.29, 1.82) is 0 Å². The van der Waals surface area contributed by atoms with E-state index in [2.05, 4.69) is 29.1 Å². The number of ether oxygens (including phenoxy) is 1. The quantitative estimate of drug-likeness (QED) is 0.449. The minimum absolute atomic E-state index is 0.461. The number of rotatable bonds is 5. The molecule has 0 fully saturated rings. The maximum absolute atomic E-state index is 10.4. The Labute approximate surface area is 118 Å². The Morgan fingerprint density at radius 3 is 2.33 bits per heavy atom. The summed E-state index contributed by atoms with van der Waals surface area (Å²) in [7, 11) is 0. The molecule has 0 aromatic heterocycles. The lowest BCUT2D eigenvalue weighted by molar-refractivity contribution is 0.112. The van der Waals surface area contributed by atoms with Crippen LogP contribution in [0.5, 0.6) is 5.75 Å². The molecule has 0 bridgehead atoms. The lowest BCUT2D eigenvalue weighted by Crippen LogP contribution is -1.92. The smallest absolute Gasteiger partial charge is 0.150 e. The van der Waals surface area contributed by atoms with Crippen molar-refractivity contribution in [2.45, 2.75) is 13.8 Å². The highest BCUT2D eigenvalue weighted by molar-refractivity contribution is 9.09. The summed E-state index contributed by atoms with van der Waals surface area (Å²) in [5.41, 5.74) is 0.622. The third-order valence-electron chi connectivity index (χ3n) is 1.47. The highest BCUT2D eigenvalue weighted by Crippen LogP contribution is 2.11. The number of allylic oxidation sites excluding steroid dienone is 1. The van der Waals surface area contributed by atoms with Crippen molar-refractivity contribution in [1.82, 2.24) is 0 Å². The Bertz CT molecular complexity index is 335. The van der Waals surface area contributed by atoms with E-state index in [1.807, 2.05) is 13.8 Å². The molecule has 0 atom stereocenters. The molecule has 1 aromatic rings. The number of carbonyl (C=O) groups is 1. The SMILES string of the molecule is C=CCBr.C=CCOc1cccc(C=O)c1.CC. The number of carbonyl (C=O) groups excluding carboxylic acids is 1. The van der Waals surface area contributed by atoms with Gasteiger partial charge in [0, 0.05) is 10.9 Å². The lowest BCUT2D eigenvalue weighted by Gasteiger charge is -2.01. The first-order chi connectivity index (χ1) is 8.78. The van der Waals surface area contributed by atoms with Gasteiger partial charge in [-0.15, -0.1) is 6.58 Å². The Balaban J connectivity index is 0. The number of halogens is 1. The molecule has 3 heteroatoms. The molecule has 0 N–H and O–H groups in total. The van der Waals surface area contributed by atoms with Crippen LogP contribution in [-0.2, 0) is 0 Å². The molecule has 0 saturated carbocycles. The summed E-state index contributed by atoms with van der Waals surface area (Å²) in [6, 6.07) is 7.00. The molecule has 0 heterocycles. The van der Waals surface area contributed by atoms with Crippen LogP contribution in [0.25, 0.3) is 0 Å². The van der Waals surface area contributed by atoms with E-state index in [4.69, 9.17) is 4.74 Å². The minimum Gasteiger partial charge on any atom is -0.490 e. The van der Waals surface area contributed by atoms with Gasteiger partial charge in [-0.2, -0.15) is 0 Å². The first-order valence-electron chi connectivity index (χ1n) is 5.74. The van der Waals surface area contributed by atoms with Gasteiger partial charge in [-0.05, 0) is 12.1 Å². The molecule has 2 nitrogen and oxygen atoms in total. The first-order valence-corrected chi connectivity index (χ1v) is 6.86. The summed E-state index contributed by atoms with van der Waals surface area (Å²) < 4.78 is 5.22. The van der Waals surface area contributed by atoms with E-state index in [9.17, 15) is 4.79 Å². The van der Waals surface area contributed by atoms with E-state index in [-0.39, 0.29) is 0 Å². The lowest BCUT2D eigenvalue weighted by atomic mass is 10.2. The molecular formula is C15H21BrO2. The Morgan fingerprint density at radius 1 is 1.28 bits per heavy atom. The summed E-state index contributed by atoms with van der Waals surface area (Å²) in [5.74, 6) is 0.694. The van der Waals surface area contributed by atoms with Gasteiger partial charge in [0.15, 0.2) is 0 Å². The number of hydrogen-bond acceptors (Lipinski definition) is 2. The Morgan fingerprint density at radius 2 is 1.89 bits per heavy atom. The third kappa shape index (κ3) is 11.1. The minimum atomic E-state index is 0.461. The largest absolute Gasteiger partial charge is 0.490 e. The van der Waals surface area contributed by atoms with Gasteiger partial charge in [0.2, 0.25) is 0 Å². The van der Waals surface area contributed by atoms with Crippen molar-refractivity contribution in [3.05, 3.63) is 55.1 Å². The zero-order valence-corrected chi connectivity index (χ0v) is 12.7. The second-order valence-electron chi connectivity index (χ2n) is 2.73. The molecule has 18 heavy (non-hydrogen) atoms.